The molecule has 0 fully saturated rings. The topological polar surface area (TPSA) is 110 Å². The molecule has 0 spiro atoms. The predicted molar refractivity (Wildman–Crippen MR) is 256 cm³/mol. The van der Waals surface area contributed by atoms with Gasteiger partial charge in [0.1, 0.15) is 12.2 Å². The molecule has 1 amide bonds. The molecule has 0 aliphatic carbocycles. The summed E-state index contributed by atoms with van der Waals surface area (Å²) in [6.45, 7) is 4.04. The number of unbranched alkanes of at least 4 members (excludes halogenated alkanes) is 29. The van der Waals surface area contributed by atoms with Gasteiger partial charge in [-0.3, -0.25) is 4.79 Å². The predicted octanol–water partition coefficient (Wildman–Crippen LogP) is 14.2. The number of aliphatic hydroxyl groups excluding tert-OH is 4. The summed E-state index contributed by atoms with van der Waals surface area (Å²) in [7, 11) is 0. The van der Waals surface area contributed by atoms with Crippen LogP contribution in [0.15, 0.2) is 48.6 Å². The molecule has 0 saturated carbocycles. The van der Waals surface area contributed by atoms with Crippen molar-refractivity contribution >= 4 is 5.91 Å². The molecule has 0 bridgehead atoms. The summed E-state index contributed by atoms with van der Waals surface area (Å²) < 4.78 is 0. The van der Waals surface area contributed by atoms with E-state index in [0.717, 1.165) is 64.2 Å². The summed E-state index contributed by atoms with van der Waals surface area (Å²) in [5, 5.41) is 43.8. The largest absolute Gasteiger partial charge is 0.394 e. The van der Waals surface area contributed by atoms with Crippen molar-refractivity contribution in [2.75, 3.05) is 6.61 Å². The van der Waals surface area contributed by atoms with Crippen LogP contribution >= 0.6 is 0 Å². The maximum absolute atomic E-state index is 12.5. The second kappa shape index (κ2) is 47.3. The fourth-order valence-corrected chi connectivity index (χ4v) is 7.67. The van der Waals surface area contributed by atoms with Gasteiger partial charge < -0.3 is 25.7 Å². The Morgan fingerprint density at radius 2 is 0.712 bits per heavy atom. The molecule has 0 heterocycles. The molecule has 0 rings (SSSR count). The first-order valence-electron chi connectivity index (χ1n) is 25.5. The van der Waals surface area contributed by atoms with E-state index < -0.39 is 36.9 Å². The van der Waals surface area contributed by atoms with E-state index in [1.54, 1.807) is 0 Å². The fraction of sp³-hybridized carbons (Fsp3) is 0.830. The number of carbonyl (C=O) groups is 1. The third kappa shape index (κ3) is 41.4. The van der Waals surface area contributed by atoms with Gasteiger partial charge in [0, 0.05) is 0 Å². The van der Waals surface area contributed by atoms with Gasteiger partial charge >= 0.3 is 0 Å². The summed E-state index contributed by atoms with van der Waals surface area (Å²) in [6, 6.07) is -1.02. The lowest BCUT2D eigenvalue weighted by molar-refractivity contribution is -0.132. The van der Waals surface area contributed by atoms with Crippen LogP contribution in [0, 0.1) is 0 Å². The van der Waals surface area contributed by atoms with Crippen LogP contribution < -0.4 is 5.32 Å². The lowest BCUT2D eigenvalue weighted by Crippen LogP contribution is -2.53. The number of hydrogen-bond donors (Lipinski definition) is 5. The van der Waals surface area contributed by atoms with Crippen LogP contribution in [0.25, 0.3) is 0 Å². The van der Waals surface area contributed by atoms with Gasteiger partial charge in [-0.25, -0.2) is 0 Å². The van der Waals surface area contributed by atoms with Crippen LogP contribution in [0.4, 0.5) is 0 Å². The van der Waals surface area contributed by atoms with Gasteiger partial charge in [-0.1, -0.05) is 210 Å². The van der Waals surface area contributed by atoms with Gasteiger partial charge in [-0.05, 0) is 89.9 Å². The lowest BCUT2D eigenvalue weighted by atomic mass is 10.00. The molecular weight excluding hydrogens is 731 g/mol. The molecule has 5 N–H and O–H groups in total. The highest BCUT2D eigenvalue weighted by Crippen LogP contribution is 2.15. The average Bonchev–Trinajstić information content (AvgIpc) is 3.24. The van der Waals surface area contributed by atoms with Crippen LogP contribution in [0.1, 0.15) is 251 Å². The molecule has 4 atom stereocenters. The zero-order valence-electron chi connectivity index (χ0n) is 39.0. The van der Waals surface area contributed by atoms with Crippen molar-refractivity contribution in [2.45, 2.75) is 276 Å². The first-order valence-corrected chi connectivity index (χ1v) is 25.5. The number of allylic oxidation sites excluding steroid dienone is 8. The van der Waals surface area contributed by atoms with E-state index in [2.05, 4.69) is 67.8 Å². The third-order valence-electron chi connectivity index (χ3n) is 11.7. The first-order chi connectivity index (χ1) is 29.0. The number of nitrogens with one attached hydrogen (secondary N) is 1. The van der Waals surface area contributed by atoms with Crippen molar-refractivity contribution in [3.63, 3.8) is 0 Å². The highest BCUT2D eigenvalue weighted by Gasteiger charge is 2.28. The molecule has 4 unspecified atom stereocenters. The minimum atomic E-state index is -1.30. The van der Waals surface area contributed by atoms with E-state index in [9.17, 15) is 25.2 Å². The summed E-state index contributed by atoms with van der Waals surface area (Å²) in [6.07, 6.45) is 58.8. The van der Waals surface area contributed by atoms with Crippen molar-refractivity contribution < 1.29 is 25.2 Å². The van der Waals surface area contributed by atoms with Gasteiger partial charge in [-0.15, -0.1) is 0 Å². The normalized spacial score (nSPS) is 14.3. The van der Waals surface area contributed by atoms with E-state index in [4.69, 9.17) is 0 Å². The van der Waals surface area contributed by atoms with Crippen molar-refractivity contribution in [2.24, 2.45) is 0 Å². The summed E-state index contributed by atoms with van der Waals surface area (Å²) in [5.74, 6) is -0.605. The molecule has 59 heavy (non-hydrogen) atoms. The number of amides is 1. The lowest BCUT2D eigenvalue weighted by Gasteiger charge is -2.27. The molecule has 0 radical (unpaired) electrons. The molecule has 0 saturated heterocycles. The Balaban J connectivity index is 3.76. The highest BCUT2D eigenvalue weighted by molar-refractivity contribution is 5.80. The van der Waals surface area contributed by atoms with Crippen LogP contribution in [-0.4, -0.2) is 57.3 Å². The van der Waals surface area contributed by atoms with Crippen molar-refractivity contribution in [3.8, 4) is 0 Å². The van der Waals surface area contributed by atoms with Gasteiger partial charge in [0.2, 0.25) is 5.91 Å². The Morgan fingerprint density at radius 3 is 1.07 bits per heavy atom. The quantitative estimate of drug-likeness (QED) is 0.0310. The van der Waals surface area contributed by atoms with E-state index in [1.807, 2.05) is 0 Å². The number of hydrogen-bond acceptors (Lipinski definition) is 5. The summed E-state index contributed by atoms with van der Waals surface area (Å²) in [5.41, 5.74) is 0. The Kier molecular flexibility index (Phi) is 45.9. The van der Waals surface area contributed by atoms with Crippen LogP contribution in [0.3, 0.4) is 0 Å². The van der Waals surface area contributed by atoms with E-state index >= 15 is 0 Å². The van der Waals surface area contributed by atoms with Gasteiger partial charge in [0.15, 0.2) is 0 Å². The highest BCUT2D eigenvalue weighted by atomic mass is 16.3. The summed E-state index contributed by atoms with van der Waals surface area (Å²) in [4.78, 5) is 12.5. The van der Waals surface area contributed by atoms with Crippen molar-refractivity contribution in [3.05, 3.63) is 48.6 Å². The molecule has 6 heteroatoms. The number of aliphatic hydroxyl groups is 4. The van der Waals surface area contributed by atoms with Gasteiger partial charge in [0.25, 0.3) is 0 Å². The van der Waals surface area contributed by atoms with Crippen LogP contribution in [0.5, 0.6) is 0 Å². The van der Waals surface area contributed by atoms with Gasteiger partial charge in [-0.2, -0.15) is 0 Å². The Morgan fingerprint density at radius 1 is 0.407 bits per heavy atom. The fourth-order valence-electron chi connectivity index (χ4n) is 7.67. The molecular formula is C53H99NO5. The van der Waals surface area contributed by atoms with Crippen LogP contribution in [-0.2, 0) is 4.79 Å². The molecule has 346 valence electrons. The minimum Gasteiger partial charge on any atom is -0.394 e. The second-order valence-electron chi connectivity index (χ2n) is 17.5. The van der Waals surface area contributed by atoms with E-state index in [0.29, 0.717) is 19.3 Å². The molecule has 0 aliphatic heterocycles. The zero-order chi connectivity index (χ0) is 43.1. The van der Waals surface area contributed by atoms with Crippen LogP contribution in [0.2, 0.25) is 0 Å². The monoisotopic (exact) mass is 830 g/mol. The first kappa shape index (κ1) is 57.3. The zero-order valence-corrected chi connectivity index (χ0v) is 39.0. The van der Waals surface area contributed by atoms with Gasteiger partial charge in [0.05, 0.1) is 18.8 Å². The maximum Gasteiger partial charge on any atom is 0.249 e. The Labute approximate surface area is 366 Å². The minimum absolute atomic E-state index is 0.350. The standard InChI is InChI=1S/C53H99NO5/c1-3-5-7-9-11-13-15-17-19-21-22-23-24-25-26-27-28-29-30-31-33-34-36-38-40-42-44-46-50(56)52(58)49(48-55)54-53(59)51(57)47-45-43-41-39-37-35-32-20-18-16-14-12-10-8-6-4-2/h18,20,27-28,31,33,38,40,49-52,55-58H,3-17,19,21-26,29-30,32,34-37,39,41-48H2,1-2H3,(H,54,59)/b20-18-,28-27+,33-31+,40-38+. The second-order valence-corrected chi connectivity index (χ2v) is 17.5. The molecule has 0 aromatic carbocycles. The molecule has 0 aromatic rings. The Bertz CT molecular complexity index is 977. The third-order valence-corrected chi connectivity index (χ3v) is 11.7. The molecule has 0 aromatic heterocycles. The maximum atomic E-state index is 12.5. The SMILES string of the molecule is CCCCCCCC/C=C\CCCCCCCCC(O)C(=O)NC(CO)C(O)C(O)CCC/C=C/CC/C=C/CC/C=C/CCCCCCCCCCCCCCCC. The molecule has 0 aliphatic rings. The number of rotatable bonds is 46. The van der Waals surface area contributed by atoms with Crippen molar-refractivity contribution in [1.29, 1.82) is 0 Å². The van der Waals surface area contributed by atoms with E-state index in [-0.39, 0.29) is 0 Å². The molecule has 6 nitrogen and oxygen atoms in total. The smallest absolute Gasteiger partial charge is 0.249 e. The summed E-state index contributed by atoms with van der Waals surface area (Å²) >= 11 is 0. The number of carbonyl (C=O) groups excluding carboxylic acids is 1. The Hall–Kier alpha value is -1.73. The van der Waals surface area contributed by atoms with E-state index in [1.165, 1.54) is 154 Å². The van der Waals surface area contributed by atoms with Crippen molar-refractivity contribution in [1.82, 2.24) is 5.32 Å². The average molecular weight is 830 g/mol.